The van der Waals surface area contributed by atoms with Gasteiger partial charge in [0.05, 0.1) is 5.92 Å². The van der Waals surface area contributed by atoms with E-state index in [-0.39, 0.29) is 52.7 Å². The Morgan fingerprint density at radius 2 is 0.603 bits per heavy atom. The number of ketones is 2. The first-order valence-corrected chi connectivity index (χ1v) is 25.0. The molecule has 0 saturated carbocycles. The maximum absolute atomic E-state index is 10.9. The van der Waals surface area contributed by atoms with Crippen molar-refractivity contribution in [3.63, 3.8) is 0 Å². The summed E-state index contributed by atoms with van der Waals surface area (Å²) in [6.07, 6.45) is 2.61. The minimum absolute atomic E-state index is 0.0285. The summed E-state index contributed by atoms with van der Waals surface area (Å²) in [5.41, 5.74) is 0.654. The fourth-order valence-corrected chi connectivity index (χ4v) is 0.708. The summed E-state index contributed by atoms with van der Waals surface area (Å²) in [4.78, 5) is 41.6. The van der Waals surface area contributed by atoms with Gasteiger partial charge in [-0.2, -0.15) is 0 Å². The summed E-state index contributed by atoms with van der Waals surface area (Å²) in [6.45, 7) is 75.1. The van der Waals surface area contributed by atoms with Crippen molar-refractivity contribution >= 4 is 23.4 Å². The van der Waals surface area contributed by atoms with Crippen LogP contribution in [0.5, 0.6) is 0 Å². The second kappa shape index (κ2) is 49.7. The molecule has 0 atom stereocenters. The average Bonchev–Trinajstić information content (AvgIpc) is 3.07. The van der Waals surface area contributed by atoms with Crippen molar-refractivity contribution < 1.29 is 23.9 Å². The minimum atomic E-state index is -0.346. The van der Waals surface area contributed by atoms with Crippen LogP contribution in [0.25, 0.3) is 0 Å². The van der Waals surface area contributed by atoms with Gasteiger partial charge in [-0.25, -0.2) is 0 Å². The van der Waals surface area contributed by atoms with Crippen LogP contribution in [0.2, 0.25) is 0 Å². The molecule has 6 nitrogen and oxygen atoms in total. The van der Waals surface area contributed by atoms with E-state index in [0.29, 0.717) is 10.8 Å². The van der Waals surface area contributed by atoms with Gasteiger partial charge in [0.1, 0.15) is 17.2 Å². The average molecular weight is 907 g/mol. The summed E-state index contributed by atoms with van der Waals surface area (Å²) in [5.74, 6) is 6.90. The number of Topliss-reactive ketones (excluding diaryl/α,β-unsaturated/α-hetero) is 2. The zero-order valence-corrected chi connectivity index (χ0v) is 50.8. The van der Waals surface area contributed by atoms with E-state index in [1.54, 1.807) is 20.9 Å². The number of amides is 1. The Bertz CT molecular complexity index is 909. The van der Waals surface area contributed by atoms with Crippen molar-refractivity contribution in [2.24, 2.45) is 75.9 Å². The number of carbonyl (C=O) groups excluding carboxylic acids is 4. The summed E-state index contributed by atoms with van der Waals surface area (Å²) in [7, 11) is 1.64. The smallest absolute Gasteiger partial charge is 0.308 e. The standard InChI is InChI=1S/C8H16O2.2C7H16.C6H14.C5H11NO.2C5H10O.2C5H12.C4H10/c1-6(2)7(9)10-8(3,4)5;2*1-6(2)7(3,4)5;1-5(2)6(3)4;1-4(2)5(7)6-3;2*1-4(2)5(3)6;2*1-4-5(2)3;1-4(2)3/h6H,1-5H3;2*6H,1-5H3;5-6H,1-4H3;4H,1-3H3,(H,6,7);2*4H,1-3H3;2*5H,4H2,1-3H3;4H,1-3H3. The SMILES string of the molecule is CC(=O)C(C)C.CC(=O)C(C)C.CC(C)C.CC(C)C(=O)OC(C)(C)C.CC(C)C(C)(C)C.CC(C)C(C)(C)C.CC(C)C(C)C.CCC(C)C.CCC(C)C.CNC(=O)C(C)C. The molecule has 0 saturated heterocycles. The van der Waals surface area contributed by atoms with E-state index < -0.39 is 0 Å². The van der Waals surface area contributed by atoms with Crippen molar-refractivity contribution in [1.82, 2.24) is 5.32 Å². The summed E-state index contributed by atoms with van der Waals surface area (Å²) >= 11 is 0. The first-order valence-electron chi connectivity index (χ1n) is 25.0. The monoisotopic (exact) mass is 906 g/mol. The number of esters is 1. The quantitative estimate of drug-likeness (QED) is 0.257. The Hall–Kier alpha value is -1.72. The van der Waals surface area contributed by atoms with Crippen LogP contribution < -0.4 is 5.32 Å². The molecule has 0 aliphatic rings. The lowest BCUT2D eigenvalue weighted by molar-refractivity contribution is -0.158. The Balaban J connectivity index is -0.0000000625. The lowest BCUT2D eigenvalue weighted by Gasteiger charge is -2.22. The molecular weight excluding hydrogens is 779 g/mol. The zero-order valence-electron chi connectivity index (χ0n) is 50.8. The first kappa shape index (κ1) is 84.7. The van der Waals surface area contributed by atoms with Crippen molar-refractivity contribution in [3.8, 4) is 0 Å². The Kier molecular flexibility index (Phi) is 66.8. The highest BCUT2D eigenvalue weighted by molar-refractivity contribution is 5.78. The van der Waals surface area contributed by atoms with Crippen molar-refractivity contribution in [3.05, 3.63) is 0 Å². The molecule has 0 aliphatic heterocycles. The van der Waals surface area contributed by atoms with Gasteiger partial charge in [0.25, 0.3) is 0 Å². The van der Waals surface area contributed by atoms with Gasteiger partial charge < -0.3 is 10.1 Å². The van der Waals surface area contributed by atoms with E-state index in [2.05, 4.69) is 165 Å². The number of carbonyl (C=O) groups is 4. The van der Waals surface area contributed by atoms with Crippen LogP contribution in [0, 0.1) is 75.9 Å². The van der Waals surface area contributed by atoms with Gasteiger partial charge in [-0.05, 0) is 86.9 Å². The molecule has 1 amide bonds. The molecule has 0 spiro atoms. The van der Waals surface area contributed by atoms with Crippen molar-refractivity contribution in [1.29, 1.82) is 0 Å². The molecule has 0 aromatic carbocycles. The maximum Gasteiger partial charge on any atom is 0.308 e. The van der Waals surface area contributed by atoms with Gasteiger partial charge in [0.2, 0.25) is 5.91 Å². The van der Waals surface area contributed by atoms with E-state index in [4.69, 9.17) is 4.74 Å². The van der Waals surface area contributed by atoms with Crippen LogP contribution in [0.3, 0.4) is 0 Å². The molecule has 0 aromatic heterocycles. The first-order chi connectivity index (χ1) is 27.6. The van der Waals surface area contributed by atoms with Crippen LogP contribution >= 0.6 is 0 Å². The van der Waals surface area contributed by atoms with Crippen LogP contribution in [0.15, 0.2) is 0 Å². The molecule has 0 aliphatic carbocycles. The van der Waals surface area contributed by atoms with Crippen LogP contribution in [-0.4, -0.2) is 36.1 Å². The largest absolute Gasteiger partial charge is 0.460 e. The third kappa shape index (κ3) is 120. The van der Waals surface area contributed by atoms with Crippen LogP contribution in [-0.2, 0) is 23.9 Å². The normalized spacial score (nSPS) is 10.7. The maximum atomic E-state index is 10.9. The van der Waals surface area contributed by atoms with E-state index in [0.717, 1.165) is 41.4 Å². The van der Waals surface area contributed by atoms with E-state index in [1.807, 2.05) is 76.2 Å². The molecule has 0 radical (unpaired) electrons. The summed E-state index contributed by atoms with van der Waals surface area (Å²) in [5, 5.41) is 2.53. The van der Waals surface area contributed by atoms with Gasteiger partial charge in [-0.3, -0.25) is 19.2 Å². The van der Waals surface area contributed by atoms with Gasteiger partial charge >= 0.3 is 5.97 Å². The highest BCUT2D eigenvalue weighted by Crippen LogP contribution is 2.24. The number of ether oxygens (including phenoxy) is 1. The second-order valence-electron chi connectivity index (χ2n) is 23.9. The lowest BCUT2D eigenvalue weighted by Crippen LogP contribution is -2.26. The van der Waals surface area contributed by atoms with Gasteiger partial charge in [0, 0.05) is 24.8 Å². The van der Waals surface area contributed by atoms with E-state index >= 15 is 0 Å². The molecule has 0 aromatic rings. The molecule has 0 rings (SSSR count). The van der Waals surface area contributed by atoms with Crippen molar-refractivity contribution in [2.75, 3.05) is 7.05 Å². The molecule has 0 fully saturated rings. The van der Waals surface area contributed by atoms with Crippen LogP contribution in [0.1, 0.15) is 262 Å². The number of rotatable bonds is 7. The van der Waals surface area contributed by atoms with Gasteiger partial charge in [0.15, 0.2) is 0 Å². The Morgan fingerprint density at radius 3 is 0.619 bits per heavy atom. The third-order valence-electron chi connectivity index (χ3n) is 9.71. The number of nitrogens with one attached hydrogen (secondary N) is 1. The predicted octanol–water partition coefficient (Wildman–Crippen LogP) is 18.3. The fourth-order valence-electron chi connectivity index (χ4n) is 0.708. The summed E-state index contributed by atoms with van der Waals surface area (Å²) in [6, 6.07) is 0. The Morgan fingerprint density at radius 1 is 0.429 bits per heavy atom. The zero-order chi connectivity index (χ0) is 54.0. The highest BCUT2D eigenvalue weighted by atomic mass is 16.6. The fraction of sp³-hybridized carbons (Fsp3) is 0.930. The number of hydrogen-bond donors (Lipinski definition) is 1. The van der Waals surface area contributed by atoms with Gasteiger partial charge in [-0.1, -0.05) is 227 Å². The third-order valence-corrected chi connectivity index (χ3v) is 9.71. The van der Waals surface area contributed by atoms with Crippen LogP contribution in [0.4, 0.5) is 0 Å². The van der Waals surface area contributed by atoms with Crippen molar-refractivity contribution in [2.45, 2.75) is 268 Å². The predicted molar refractivity (Wildman–Crippen MR) is 290 cm³/mol. The topological polar surface area (TPSA) is 89.5 Å². The summed E-state index contributed by atoms with van der Waals surface area (Å²) < 4.78 is 5.06. The molecular formula is C57H127NO5. The molecule has 6 heteroatoms. The van der Waals surface area contributed by atoms with Gasteiger partial charge in [-0.15, -0.1) is 0 Å². The molecule has 390 valence electrons. The highest BCUT2D eigenvalue weighted by Gasteiger charge is 2.18. The molecule has 0 bridgehead atoms. The minimum Gasteiger partial charge on any atom is -0.460 e. The lowest BCUT2D eigenvalue weighted by atomic mass is 9.84. The molecule has 63 heavy (non-hydrogen) atoms. The van der Waals surface area contributed by atoms with E-state index in [1.165, 1.54) is 12.8 Å². The Labute approximate surface area is 402 Å². The number of hydrogen-bond acceptors (Lipinski definition) is 5. The van der Waals surface area contributed by atoms with E-state index in [9.17, 15) is 19.2 Å². The molecule has 0 unspecified atom stereocenters. The molecule has 1 N–H and O–H groups in total. The molecule has 0 heterocycles. The second-order valence-corrected chi connectivity index (χ2v) is 23.9.